The molecule has 1 saturated heterocycles. The molecule has 6 heteroatoms. The molecule has 1 aromatic rings. The van der Waals surface area contributed by atoms with Crippen LogP contribution in [0.4, 0.5) is 8.78 Å². The smallest absolute Gasteiger partial charge is 0.130 e. The second-order valence-electron chi connectivity index (χ2n) is 5.46. The van der Waals surface area contributed by atoms with Gasteiger partial charge in [0.15, 0.2) is 0 Å². The van der Waals surface area contributed by atoms with E-state index in [0.29, 0.717) is 5.56 Å². The molecule has 0 radical (unpaired) electrons. The van der Waals surface area contributed by atoms with Gasteiger partial charge in [-0.05, 0) is 12.5 Å². The average Bonchev–Trinajstić information content (AvgIpc) is 2.46. The maximum atomic E-state index is 14.1. The summed E-state index contributed by atoms with van der Waals surface area (Å²) >= 11 is 0. The van der Waals surface area contributed by atoms with Crippen LogP contribution in [0, 0.1) is 11.6 Å². The number of nitrogens with one attached hydrogen (secondary N) is 1. The summed E-state index contributed by atoms with van der Waals surface area (Å²) in [5, 5.41) is 3.32. The summed E-state index contributed by atoms with van der Waals surface area (Å²) in [5.41, 5.74) is 0.643. The van der Waals surface area contributed by atoms with Crippen LogP contribution in [-0.4, -0.2) is 31.1 Å². The fraction of sp³-hybridized carbons (Fsp3) is 0.625. The van der Waals surface area contributed by atoms with Gasteiger partial charge >= 0.3 is 0 Å². The molecule has 0 aromatic heterocycles. The maximum Gasteiger partial charge on any atom is 0.130 e. The van der Waals surface area contributed by atoms with Gasteiger partial charge in [-0.3, -0.25) is 4.90 Å². The molecular formula is C16H26Cl2F2N2. The van der Waals surface area contributed by atoms with Gasteiger partial charge in [0.2, 0.25) is 0 Å². The summed E-state index contributed by atoms with van der Waals surface area (Å²) in [7, 11) is 0. The number of unbranched alkanes of at least 4 members (excludes halogenated alkanes) is 2. The standard InChI is InChI=1S/C16H24F2N2.2ClH/c1-2-3-4-5-16(20-10-8-19-9-11-20)14-7-6-13(17)12-15(14)18;;/h6-7,12,16,19H,2-5,8-11H2,1H3;2*1H/t16-;;/m0../s1. The topological polar surface area (TPSA) is 15.3 Å². The molecular weight excluding hydrogens is 329 g/mol. The Bertz CT molecular complexity index is 427. The molecule has 22 heavy (non-hydrogen) atoms. The predicted octanol–water partition coefficient (Wildman–Crippen LogP) is 4.34. The Labute approximate surface area is 144 Å². The lowest BCUT2D eigenvalue weighted by atomic mass is 9.97. The van der Waals surface area contributed by atoms with E-state index in [0.717, 1.165) is 57.9 Å². The van der Waals surface area contributed by atoms with E-state index in [9.17, 15) is 8.78 Å². The number of halogens is 4. The lowest BCUT2D eigenvalue weighted by molar-refractivity contribution is 0.159. The summed E-state index contributed by atoms with van der Waals surface area (Å²) in [6.07, 6.45) is 4.34. The molecule has 2 rings (SSSR count). The van der Waals surface area contributed by atoms with Crippen molar-refractivity contribution in [1.29, 1.82) is 0 Å². The van der Waals surface area contributed by atoms with Crippen molar-refractivity contribution in [3.05, 3.63) is 35.4 Å². The number of hydrogen-bond acceptors (Lipinski definition) is 2. The molecule has 1 fully saturated rings. The molecule has 1 aliphatic heterocycles. The summed E-state index contributed by atoms with van der Waals surface area (Å²) in [6.45, 7) is 5.89. The fourth-order valence-electron chi connectivity index (χ4n) is 2.89. The van der Waals surface area contributed by atoms with Gasteiger partial charge in [0, 0.05) is 43.9 Å². The first kappa shape index (κ1) is 21.6. The van der Waals surface area contributed by atoms with Gasteiger partial charge in [0.1, 0.15) is 11.6 Å². The van der Waals surface area contributed by atoms with Crippen LogP contribution in [0.15, 0.2) is 18.2 Å². The number of hydrogen-bond donors (Lipinski definition) is 1. The molecule has 2 nitrogen and oxygen atoms in total. The van der Waals surface area contributed by atoms with Crippen LogP contribution in [0.3, 0.4) is 0 Å². The first-order valence-electron chi connectivity index (χ1n) is 7.62. The Morgan fingerprint density at radius 3 is 2.41 bits per heavy atom. The van der Waals surface area contributed by atoms with Crippen molar-refractivity contribution in [1.82, 2.24) is 10.2 Å². The molecule has 0 amide bonds. The predicted molar refractivity (Wildman–Crippen MR) is 92.2 cm³/mol. The van der Waals surface area contributed by atoms with Crippen molar-refractivity contribution in [3.63, 3.8) is 0 Å². The molecule has 1 atom stereocenters. The highest BCUT2D eigenvalue weighted by Crippen LogP contribution is 2.29. The van der Waals surface area contributed by atoms with Gasteiger partial charge < -0.3 is 5.32 Å². The molecule has 1 aromatic carbocycles. The lowest BCUT2D eigenvalue weighted by Crippen LogP contribution is -2.45. The van der Waals surface area contributed by atoms with Gasteiger partial charge in [-0.25, -0.2) is 8.78 Å². The normalized spacial score (nSPS) is 16.5. The van der Waals surface area contributed by atoms with Gasteiger partial charge in [-0.1, -0.05) is 32.3 Å². The first-order valence-corrected chi connectivity index (χ1v) is 7.62. The van der Waals surface area contributed by atoms with Crippen molar-refractivity contribution < 1.29 is 8.78 Å². The summed E-state index contributed by atoms with van der Waals surface area (Å²) in [6, 6.07) is 4.06. The van der Waals surface area contributed by atoms with Crippen LogP contribution in [0.2, 0.25) is 0 Å². The minimum absolute atomic E-state index is 0. The zero-order chi connectivity index (χ0) is 14.4. The minimum Gasteiger partial charge on any atom is -0.314 e. The Hall–Kier alpha value is -0.420. The molecule has 0 aliphatic carbocycles. The molecule has 0 bridgehead atoms. The highest BCUT2D eigenvalue weighted by atomic mass is 35.5. The highest BCUT2D eigenvalue weighted by molar-refractivity contribution is 5.85. The van der Waals surface area contributed by atoms with Crippen molar-refractivity contribution in [2.75, 3.05) is 26.2 Å². The number of rotatable bonds is 6. The van der Waals surface area contributed by atoms with Gasteiger partial charge in [0.05, 0.1) is 0 Å². The minimum atomic E-state index is -0.501. The van der Waals surface area contributed by atoms with Crippen molar-refractivity contribution in [2.24, 2.45) is 0 Å². The Balaban J connectivity index is 0.00000220. The quantitative estimate of drug-likeness (QED) is 0.764. The zero-order valence-electron chi connectivity index (χ0n) is 13.0. The zero-order valence-corrected chi connectivity index (χ0v) is 14.6. The lowest BCUT2D eigenvalue weighted by Gasteiger charge is -2.35. The van der Waals surface area contributed by atoms with Crippen molar-refractivity contribution in [2.45, 2.75) is 38.6 Å². The molecule has 0 unspecified atom stereocenters. The van der Waals surface area contributed by atoms with E-state index in [1.165, 1.54) is 6.07 Å². The first-order chi connectivity index (χ1) is 9.72. The van der Waals surface area contributed by atoms with Gasteiger partial charge in [-0.15, -0.1) is 24.8 Å². The number of nitrogens with zero attached hydrogens (tertiary/aromatic N) is 1. The Morgan fingerprint density at radius 2 is 1.82 bits per heavy atom. The van der Waals surface area contributed by atoms with Crippen LogP contribution in [0.25, 0.3) is 0 Å². The van der Waals surface area contributed by atoms with E-state index in [1.54, 1.807) is 6.07 Å². The van der Waals surface area contributed by atoms with E-state index in [-0.39, 0.29) is 30.9 Å². The second-order valence-corrected chi connectivity index (χ2v) is 5.46. The summed E-state index contributed by atoms with van der Waals surface area (Å²) in [5.74, 6) is -0.913. The van der Waals surface area contributed by atoms with Crippen LogP contribution < -0.4 is 5.32 Å². The Kier molecular flexibility index (Phi) is 11.0. The van der Waals surface area contributed by atoms with Crippen molar-refractivity contribution >= 4 is 24.8 Å². The monoisotopic (exact) mass is 354 g/mol. The molecule has 1 N–H and O–H groups in total. The third-order valence-corrected chi connectivity index (χ3v) is 3.99. The van der Waals surface area contributed by atoms with Crippen LogP contribution in [0.5, 0.6) is 0 Å². The molecule has 0 spiro atoms. The molecule has 1 aliphatic rings. The molecule has 128 valence electrons. The SMILES string of the molecule is CCCCC[C@@H](c1ccc(F)cc1F)N1CCNCC1.Cl.Cl. The summed E-state index contributed by atoms with van der Waals surface area (Å²) < 4.78 is 27.2. The second kappa shape index (κ2) is 11.2. The molecule has 1 heterocycles. The summed E-state index contributed by atoms with van der Waals surface area (Å²) in [4.78, 5) is 2.32. The highest BCUT2D eigenvalue weighted by Gasteiger charge is 2.24. The van der Waals surface area contributed by atoms with E-state index >= 15 is 0 Å². The largest absolute Gasteiger partial charge is 0.314 e. The van der Waals surface area contributed by atoms with Crippen LogP contribution in [-0.2, 0) is 0 Å². The van der Waals surface area contributed by atoms with Gasteiger partial charge in [0.25, 0.3) is 0 Å². The van der Waals surface area contributed by atoms with E-state index in [2.05, 4.69) is 17.1 Å². The van der Waals surface area contributed by atoms with E-state index in [4.69, 9.17) is 0 Å². The van der Waals surface area contributed by atoms with Crippen LogP contribution in [0.1, 0.15) is 44.2 Å². The van der Waals surface area contributed by atoms with Crippen LogP contribution >= 0.6 is 24.8 Å². The molecule has 0 saturated carbocycles. The average molecular weight is 355 g/mol. The van der Waals surface area contributed by atoms with Gasteiger partial charge in [-0.2, -0.15) is 0 Å². The van der Waals surface area contributed by atoms with E-state index in [1.807, 2.05) is 0 Å². The van der Waals surface area contributed by atoms with E-state index < -0.39 is 11.6 Å². The fourth-order valence-corrected chi connectivity index (χ4v) is 2.89. The Morgan fingerprint density at radius 1 is 1.14 bits per heavy atom. The third kappa shape index (κ3) is 5.99. The van der Waals surface area contributed by atoms with Crippen molar-refractivity contribution in [3.8, 4) is 0 Å². The number of piperazine rings is 1. The maximum absolute atomic E-state index is 14.1. The third-order valence-electron chi connectivity index (χ3n) is 3.99. The number of benzene rings is 1.